The SMILES string of the molecule is CCCCCCCOC(=O)CCCCCCCCCCCCCCCCCC(C)C(=O)OCCCCCCC. The number of esters is 2. The molecular formula is C35H68O4. The van der Waals surface area contributed by atoms with Crippen LogP contribution in [0.5, 0.6) is 0 Å². The number of unbranched alkanes of at least 4 members (excludes halogenated alkanes) is 22. The summed E-state index contributed by atoms with van der Waals surface area (Å²) in [4.78, 5) is 23.8. The van der Waals surface area contributed by atoms with Crippen LogP contribution in [0.15, 0.2) is 0 Å². The minimum Gasteiger partial charge on any atom is -0.466 e. The zero-order valence-corrected chi connectivity index (χ0v) is 26.7. The number of ether oxygens (including phenoxy) is 2. The van der Waals surface area contributed by atoms with Crippen LogP contribution in [0.3, 0.4) is 0 Å². The molecule has 4 heteroatoms. The van der Waals surface area contributed by atoms with Gasteiger partial charge in [-0.3, -0.25) is 9.59 Å². The van der Waals surface area contributed by atoms with E-state index in [2.05, 4.69) is 13.8 Å². The molecule has 4 nitrogen and oxygen atoms in total. The third-order valence-corrected chi connectivity index (χ3v) is 7.92. The Morgan fingerprint density at radius 2 is 0.821 bits per heavy atom. The van der Waals surface area contributed by atoms with Gasteiger partial charge in [-0.2, -0.15) is 0 Å². The molecule has 0 N–H and O–H groups in total. The predicted molar refractivity (Wildman–Crippen MR) is 167 cm³/mol. The number of hydrogen-bond acceptors (Lipinski definition) is 4. The van der Waals surface area contributed by atoms with Gasteiger partial charge in [0.2, 0.25) is 0 Å². The van der Waals surface area contributed by atoms with Crippen molar-refractivity contribution in [3.05, 3.63) is 0 Å². The van der Waals surface area contributed by atoms with Gasteiger partial charge in [0.15, 0.2) is 0 Å². The van der Waals surface area contributed by atoms with Gasteiger partial charge in [-0.25, -0.2) is 0 Å². The van der Waals surface area contributed by atoms with Crippen LogP contribution >= 0.6 is 0 Å². The molecule has 0 aliphatic heterocycles. The molecule has 0 amide bonds. The summed E-state index contributed by atoms with van der Waals surface area (Å²) in [5, 5.41) is 0. The fourth-order valence-electron chi connectivity index (χ4n) is 5.12. The number of rotatable bonds is 31. The minimum absolute atomic E-state index is 0.000708. The van der Waals surface area contributed by atoms with E-state index in [1.807, 2.05) is 6.92 Å². The van der Waals surface area contributed by atoms with E-state index < -0.39 is 0 Å². The van der Waals surface area contributed by atoms with Gasteiger partial charge in [0.1, 0.15) is 0 Å². The average Bonchev–Trinajstić information content (AvgIpc) is 2.93. The molecule has 0 aromatic rings. The molecule has 1 atom stereocenters. The summed E-state index contributed by atoms with van der Waals surface area (Å²) >= 11 is 0. The summed E-state index contributed by atoms with van der Waals surface area (Å²) in [5.41, 5.74) is 0. The van der Waals surface area contributed by atoms with Crippen LogP contribution in [0.25, 0.3) is 0 Å². The monoisotopic (exact) mass is 553 g/mol. The molecule has 0 heterocycles. The van der Waals surface area contributed by atoms with Gasteiger partial charge in [-0.15, -0.1) is 0 Å². The molecule has 0 radical (unpaired) electrons. The number of hydrogen-bond donors (Lipinski definition) is 0. The first-order valence-corrected chi connectivity index (χ1v) is 17.4. The van der Waals surface area contributed by atoms with Gasteiger partial charge >= 0.3 is 11.9 Å². The summed E-state index contributed by atoms with van der Waals surface area (Å²) in [6.07, 6.45) is 32.9. The zero-order valence-electron chi connectivity index (χ0n) is 26.7. The maximum Gasteiger partial charge on any atom is 0.308 e. The van der Waals surface area contributed by atoms with E-state index in [0.29, 0.717) is 19.6 Å². The Labute approximate surface area is 244 Å². The second-order valence-electron chi connectivity index (χ2n) is 12.0. The van der Waals surface area contributed by atoms with Crippen LogP contribution in [0.2, 0.25) is 0 Å². The smallest absolute Gasteiger partial charge is 0.308 e. The first-order valence-electron chi connectivity index (χ1n) is 17.4. The molecule has 0 aliphatic carbocycles. The fourth-order valence-corrected chi connectivity index (χ4v) is 5.12. The standard InChI is InChI=1S/C35H68O4/c1-4-6-8-23-27-31-38-34(36)30-26-22-20-18-16-14-12-10-11-13-15-17-19-21-25-29-33(3)35(37)39-32-28-24-9-7-5-2/h33H,4-32H2,1-3H3. The van der Waals surface area contributed by atoms with Crippen LogP contribution in [0.1, 0.15) is 194 Å². The second kappa shape index (κ2) is 31.5. The van der Waals surface area contributed by atoms with E-state index in [9.17, 15) is 9.59 Å². The quantitative estimate of drug-likeness (QED) is 0.0634. The highest BCUT2D eigenvalue weighted by atomic mass is 16.5. The van der Waals surface area contributed by atoms with Crippen LogP contribution in [0.4, 0.5) is 0 Å². The van der Waals surface area contributed by atoms with E-state index >= 15 is 0 Å². The van der Waals surface area contributed by atoms with E-state index in [0.717, 1.165) is 38.5 Å². The normalized spacial score (nSPS) is 12.0. The van der Waals surface area contributed by atoms with Crippen molar-refractivity contribution in [2.75, 3.05) is 13.2 Å². The van der Waals surface area contributed by atoms with Gasteiger partial charge in [0.25, 0.3) is 0 Å². The van der Waals surface area contributed by atoms with Crippen molar-refractivity contribution >= 4 is 11.9 Å². The summed E-state index contributed by atoms with van der Waals surface area (Å²) in [5.74, 6) is 0.0612. The fraction of sp³-hybridized carbons (Fsp3) is 0.943. The van der Waals surface area contributed by atoms with Crippen LogP contribution in [-0.2, 0) is 19.1 Å². The molecule has 232 valence electrons. The van der Waals surface area contributed by atoms with Crippen LogP contribution in [0, 0.1) is 5.92 Å². The lowest BCUT2D eigenvalue weighted by Crippen LogP contribution is -2.15. The third kappa shape index (κ3) is 29.7. The first kappa shape index (κ1) is 37.9. The highest BCUT2D eigenvalue weighted by molar-refractivity contribution is 5.71. The molecule has 39 heavy (non-hydrogen) atoms. The van der Waals surface area contributed by atoms with Crippen molar-refractivity contribution in [2.24, 2.45) is 5.92 Å². The zero-order chi connectivity index (χ0) is 28.7. The Kier molecular flexibility index (Phi) is 30.6. The van der Waals surface area contributed by atoms with Crippen molar-refractivity contribution in [3.8, 4) is 0 Å². The van der Waals surface area contributed by atoms with Crippen molar-refractivity contribution in [1.82, 2.24) is 0 Å². The number of carbonyl (C=O) groups excluding carboxylic acids is 2. The van der Waals surface area contributed by atoms with Crippen molar-refractivity contribution in [2.45, 2.75) is 194 Å². The predicted octanol–water partition coefficient (Wildman–Crippen LogP) is 11.3. The topological polar surface area (TPSA) is 52.6 Å². The lowest BCUT2D eigenvalue weighted by atomic mass is 10.0. The molecule has 0 aliphatic rings. The molecule has 0 saturated heterocycles. The average molecular weight is 553 g/mol. The Bertz CT molecular complexity index is 519. The van der Waals surface area contributed by atoms with Gasteiger partial charge in [0.05, 0.1) is 19.1 Å². The van der Waals surface area contributed by atoms with Crippen LogP contribution in [-0.4, -0.2) is 25.2 Å². The molecule has 0 aromatic carbocycles. The molecule has 1 unspecified atom stereocenters. The molecule has 0 saturated carbocycles. The summed E-state index contributed by atoms with van der Waals surface area (Å²) in [6, 6.07) is 0. The molecule has 0 aromatic heterocycles. The Morgan fingerprint density at radius 3 is 1.28 bits per heavy atom. The Morgan fingerprint density at radius 1 is 0.462 bits per heavy atom. The summed E-state index contributed by atoms with van der Waals surface area (Å²) in [6.45, 7) is 7.67. The van der Waals surface area contributed by atoms with Gasteiger partial charge in [0, 0.05) is 6.42 Å². The molecule has 0 rings (SSSR count). The first-order chi connectivity index (χ1) is 19.1. The molecule has 0 spiro atoms. The Balaban J connectivity index is 3.26. The third-order valence-electron chi connectivity index (χ3n) is 7.92. The minimum atomic E-state index is 0.000708. The maximum absolute atomic E-state index is 12.1. The highest BCUT2D eigenvalue weighted by Crippen LogP contribution is 2.16. The van der Waals surface area contributed by atoms with E-state index in [1.54, 1.807) is 0 Å². The molecule has 0 bridgehead atoms. The lowest BCUT2D eigenvalue weighted by Gasteiger charge is -2.11. The van der Waals surface area contributed by atoms with Crippen LogP contribution < -0.4 is 0 Å². The van der Waals surface area contributed by atoms with Crippen molar-refractivity contribution in [3.63, 3.8) is 0 Å². The lowest BCUT2D eigenvalue weighted by molar-refractivity contribution is -0.148. The largest absolute Gasteiger partial charge is 0.466 e. The number of carbonyl (C=O) groups is 2. The van der Waals surface area contributed by atoms with Gasteiger partial charge in [-0.1, -0.05) is 162 Å². The van der Waals surface area contributed by atoms with Crippen molar-refractivity contribution in [1.29, 1.82) is 0 Å². The second-order valence-corrected chi connectivity index (χ2v) is 12.0. The highest BCUT2D eigenvalue weighted by Gasteiger charge is 2.13. The van der Waals surface area contributed by atoms with Gasteiger partial charge in [-0.05, 0) is 25.7 Å². The maximum atomic E-state index is 12.1. The molecule has 0 fully saturated rings. The van der Waals surface area contributed by atoms with Crippen molar-refractivity contribution < 1.29 is 19.1 Å². The molecular weight excluding hydrogens is 484 g/mol. The van der Waals surface area contributed by atoms with E-state index in [4.69, 9.17) is 9.47 Å². The Hall–Kier alpha value is -1.06. The van der Waals surface area contributed by atoms with Gasteiger partial charge < -0.3 is 9.47 Å². The summed E-state index contributed by atoms with van der Waals surface area (Å²) < 4.78 is 10.8. The summed E-state index contributed by atoms with van der Waals surface area (Å²) in [7, 11) is 0. The van der Waals surface area contributed by atoms with E-state index in [-0.39, 0.29) is 17.9 Å². The van der Waals surface area contributed by atoms with E-state index in [1.165, 1.54) is 128 Å².